The zero-order valence-electron chi connectivity index (χ0n) is 14.3. The molecule has 1 saturated carbocycles. The number of aromatic nitrogens is 5. The number of para-hydroxylation sites is 2. The molecule has 0 unspecified atom stereocenters. The van der Waals surface area contributed by atoms with E-state index in [1.54, 1.807) is 24.0 Å². The van der Waals surface area contributed by atoms with Crippen molar-refractivity contribution in [3.63, 3.8) is 0 Å². The molecule has 5 rings (SSSR count). The number of anilines is 1. The third-order valence-electron chi connectivity index (χ3n) is 5.13. The van der Waals surface area contributed by atoms with Crippen molar-refractivity contribution in [2.45, 2.75) is 24.9 Å². The summed E-state index contributed by atoms with van der Waals surface area (Å²) in [6, 6.07) is 12.0. The summed E-state index contributed by atoms with van der Waals surface area (Å²) in [4.78, 5) is 26.0. The van der Waals surface area contributed by atoms with E-state index in [-0.39, 0.29) is 17.8 Å². The van der Waals surface area contributed by atoms with Crippen LogP contribution in [0.1, 0.15) is 18.9 Å². The predicted molar refractivity (Wildman–Crippen MR) is 100 cm³/mol. The van der Waals surface area contributed by atoms with Gasteiger partial charge >= 0.3 is 5.69 Å². The van der Waals surface area contributed by atoms with Crippen molar-refractivity contribution in [3.8, 4) is 0 Å². The first-order valence-corrected chi connectivity index (χ1v) is 8.71. The summed E-state index contributed by atoms with van der Waals surface area (Å²) in [7, 11) is 1.79. The maximum atomic E-state index is 12.6. The number of hydrogen-bond donors (Lipinski definition) is 1. The molecule has 0 saturated heterocycles. The van der Waals surface area contributed by atoms with Crippen LogP contribution in [-0.4, -0.2) is 30.1 Å². The normalized spacial score (nSPS) is 19.6. The molecule has 0 atom stereocenters. The molecule has 0 amide bonds. The summed E-state index contributed by atoms with van der Waals surface area (Å²) >= 11 is 0. The van der Waals surface area contributed by atoms with Crippen LogP contribution in [-0.2, 0) is 7.05 Å². The summed E-state index contributed by atoms with van der Waals surface area (Å²) in [6.07, 6.45) is 5.23. The number of aryl methyl sites for hydroxylation is 1. The second-order valence-corrected chi connectivity index (χ2v) is 6.77. The lowest BCUT2D eigenvalue weighted by Crippen LogP contribution is -2.41. The highest BCUT2D eigenvalue weighted by molar-refractivity contribution is 5.75. The zero-order chi connectivity index (χ0) is 17.7. The fourth-order valence-corrected chi connectivity index (χ4v) is 3.67. The van der Waals surface area contributed by atoms with Gasteiger partial charge in [0.05, 0.1) is 22.7 Å². The maximum Gasteiger partial charge on any atom is 0.330 e. The molecular weight excluding hydrogens is 328 g/mol. The van der Waals surface area contributed by atoms with Gasteiger partial charge in [0.1, 0.15) is 5.82 Å². The van der Waals surface area contributed by atoms with Crippen LogP contribution in [0.3, 0.4) is 0 Å². The van der Waals surface area contributed by atoms with Gasteiger partial charge in [0.15, 0.2) is 5.65 Å². The lowest BCUT2D eigenvalue weighted by Gasteiger charge is -2.36. The topological polar surface area (TPSA) is 77.6 Å². The van der Waals surface area contributed by atoms with Gasteiger partial charge in [0, 0.05) is 25.3 Å². The van der Waals surface area contributed by atoms with Crippen LogP contribution < -0.4 is 11.0 Å². The fraction of sp³-hybridized carbons (Fsp3) is 0.263. The Bertz CT molecular complexity index is 1170. The molecule has 1 aromatic carbocycles. The minimum atomic E-state index is -0.00681. The molecule has 3 aromatic heterocycles. The summed E-state index contributed by atoms with van der Waals surface area (Å²) < 4.78 is 3.48. The van der Waals surface area contributed by atoms with Crippen LogP contribution in [0.15, 0.2) is 53.6 Å². The van der Waals surface area contributed by atoms with Gasteiger partial charge in [0.25, 0.3) is 0 Å². The molecular formula is C19H18N6O. The quantitative estimate of drug-likeness (QED) is 0.617. The van der Waals surface area contributed by atoms with Crippen LogP contribution in [0.25, 0.3) is 22.2 Å². The van der Waals surface area contributed by atoms with E-state index >= 15 is 0 Å². The van der Waals surface area contributed by atoms with Gasteiger partial charge in [-0.2, -0.15) is 0 Å². The van der Waals surface area contributed by atoms with Crippen LogP contribution in [0.2, 0.25) is 0 Å². The van der Waals surface area contributed by atoms with Crippen molar-refractivity contribution in [2.75, 3.05) is 5.32 Å². The average molecular weight is 346 g/mol. The van der Waals surface area contributed by atoms with E-state index in [9.17, 15) is 4.79 Å². The first kappa shape index (κ1) is 15.1. The second kappa shape index (κ2) is 5.66. The van der Waals surface area contributed by atoms with E-state index in [1.807, 2.05) is 41.0 Å². The van der Waals surface area contributed by atoms with Gasteiger partial charge in [-0.05, 0) is 37.1 Å². The van der Waals surface area contributed by atoms with Crippen LogP contribution in [0.4, 0.5) is 5.82 Å². The van der Waals surface area contributed by atoms with Crippen LogP contribution in [0.5, 0.6) is 0 Å². The summed E-state index contributed by atoms with van der Waals surface area (Å²) in [6.45, 7) is 0. The molecule has 7 nitrogen and oxygen atoms in total. The fourth-order valence-electron chi connectivity index (χ4n) is 3.67. The Balaban J connectivity index is 1.36. The van der Waals surface area contributed by atoms with Crippen LogP contribution >= 0.6 is 0 Å². The molecule has 3 heterocycles. The van der Waals surface area contributed by atoms with Crippen molar-refractivity contribution in [1.82, 2.24) is 24.1 Å². The van der Waals surface area contributed by atoms with Crippen molar-refractivity contribution in [3.05, 3.63) is 59.3 Å². The molecule has 0 radical (unpaired) electrons. The van der Waals surface area contributed by atoms with Crippen molar-refractivity contribution in [1.29, 1.82) is 0 Å². The highest BCUT2D eigenvalue weighted by Crippen LogP contribution is 2.35. The molecule has 1 aliphatic carbocycles. The number of fused-ring (bicyclic) bond motifs is 2. The molecule has 0 spiro atoms. The monoisotopic (exact) mass is 346 g/mol. The smallest absolute Gasteiger partial charge is 0.330 e. The lowest BCUT2D eigenvalue weighted by atomic mass is 9.86. The molecule has 26 heavy (non-hydrogen) atoms. The van der Waals surface area contributed by atoms with Crippen molar-refractivity contribution >= 4 is 28.0 Å². The predicted octanol–water partition coefficient (Wildman–Crippen LogP) is 2.49. The minimum absolute atomic E-state index is 0.00681. The van der Waals surface area contributed by atoms with Crippen molar-refractivity contribution < 1.29 is 0 Å². The van der Waals surface area contributed by atoms with Gasteiger partial charge in [-0.15, -0.1) is 0 Å². The van der Waals surface area contributed by atoms with E-state index in [0.29, 0.717) is 0 Å². The largest absolute Gasteiger partial charge is 0.366 e. The molecule has 130 valence electrons. The number of benzene rings is 1. The van der Waals surface area contributed by atoms with Gasteiger partial charge in [-0.25, -0.2) is 14.8 Å². The minimum Gasteiger partial charge on any atom is -0.366 e. The third kappa shape index (κ3) is 2.28. The van der Waals surface area contributed by atoms with Crippen molar-refractivity contribution in [2.24, 2.45) is 7.05 Å². The van der Waals surface area contributed by atoms with E-state index < -0.39 is 0 Å². The standard InChI is InChI=1S/C19H18N6O/c1-24-16-7-4-8-20-18(16)25(19(24)26)13-9-12(10-13)22-17-11-21-14-5-2-3-6-15(14)23-17/h2-8,11-13H,9-10H2,1H3,(H,22,23)/t12-,13-. The number of pyridine rings is 1. The number of nitrogens with zero attached hydrogens (tertiary/aromatic N) is 5. The van der Waals surface area contributed by atoms with E-state index in [2.05, 4.69) is 20.3 Å². The average Bonchev–Trinajstić information content (AvgIpc) is 2.89. The molecule has 7 heteroatoms. The molecule has 4 aromatic rings. The number of hydrogen-bond acceptors (Lipinski definition) is 5. The zero-order valence-corrected chi connectivity index (χ0v) is 14.3. The summed E-state index contributed by atoms with van der Waals surface area (Å²) in [5.41, 5.74) is 3.39. The number of rotatable bonds is 3. The Morgan fingerprint density at radius 1 is 1.08 bits per heavy atom. The number of nitrogens with one attached hydrogen (secondary N) is 1. The van der Waals surface area contributed by atoms with E-state index in [4.69, 9.17) is 0 Å². The Morgan fingerprint density at radius 3 is 2.73 bits per heavy atom. The lowest BCUT2D eigenvalue weighted by molar-refractivity contribution is 0.280. The first-order valence-electron chi connectivity index (χ1n) is 8.71. The van der Waals surface area contributed by atoms with Crippen LogP contribution in [0, 0.1) is 0 Å². The van der Waals surface area contributed by atoms with Gasteiger partial charge in [-0.3, -0.25) is 14.1 Å². The maximum absolute atomic E-state index is 12.6. The van der Waals surface area contributed by atoms with Gasteiger partial charge in [-0.1, -0.05) is 12.1 Å². The highest BCUT2D eigenvalue weighted by atomic mass is 16.1. The van der Waals surface area contributed by atoms with E-state index in [0.717, 1.165) is 40.9 Å². The van der Waals surface area contributed by atoms with Gasteiger partial charge in [0.2, 0.25) is 0 Å². The Hall–Kier alpha value is -3.22. The van der Waals surface area contributed by atoms with Gasteiger partial charge < -0.3 is 5.32 Å². The highest BCUT2D eigenvalue weighted by Gasteiger charge is 2.33. The summed E-state index contributed by atoms with van der Waals surface area (Å²) in [5, 5.41) is 3.43. The summed E-state index contributed by atoms with van der Waals surface area (Å²) in [5.74, 6) is 0.774. The second-order valence-electron chi connectivity index (χ2n) is 6.77. The molecule has 1 aliphatic rings. The Morgan fingerprint density at radius 2 is 1.88 bits per heavy atom. The molecule has 1 N–H and O–H groups in total. The van der Waals surface area contributed by atoms with E-state index in [1.165, 1.54) is 0 Å². The number of imidazole rings is 1. The molecule has 0 bridgehead atoms. The SMILES string of the molecule is Cn1c(=O)n([C@H]2C[C@H](Nc3cnc4ccccc4n3)C2)c2ncccc21. The molecule has 1 fully saturated rings. The Kier molecular flexibility index (Phi) is 3.28. The third-order valence-corrected chi connectivity index (χ3v) is 5.13. The Labute approximate surface area is 149 Å². The molecule has 0 aliphatic heterocycles. The first-order chi connectivity index (χ1) is 12.7.